The number of carbonyl (C=O) groups is 2. The molecule has 0 saturated heterocycles. The molecule has 4 atom stereocenters. The number of hydrogen-bond donors (Lipinski definition) is 5. The average Bonchev–Trinajstić information content (AvgIpc) is 4.03. The van der Waals surface area contributed by atoms with E-state index in [2.05, 4.69) is 11.1 Å². The van der Waals surface area contributed by atoms with Crippen molar-refractivity contribution >= 4 is 35.0 Å². The summed E-state index contributed by atoms with van der Waals surface area (Å²) in [5, 5.41) is 49.0. The van der Waals surface area contributed by atoms with Gasteiger partial charge in [-0.2, -0.15) is 0 Å². The van der Waals surface area contributed by atoms with Crippen molar-refractivity contribution in [2.75, 3.05) is 6.61 Å². The summed E-state index contributed by atoms with van der Waals surface area (Å²) in [7, 11) is 0. The van der Waals surface area contributed by atoms with Gasteiger partial charge in [0.05, 0.1) is 36.9 Å². The van der Waals surface area contributed by atoms with Crippen LogP contribution in [0.1, 0.15) is 68.1 Å². The summed E-state index contributed by atoms with van der Waals surface area (Å²) in [6.45, 7) is -0.611. The quantitative estimate of drug-likeness (QED) is 0.104. The molecule has 0 aliphatic heterocycles. The molecule has 3 aromatic rings. The molecule has 12 heteroatoms. The van der Waals surface area contributed by atoms with Crippen molar-refractivity contribution in [1.29, 1.82) is 0 Å². The SMILES string of the molecule is O=C(CCCCc1cc(Cl)c(COC2(c3cnccc3-c3ccccc3OC3CC3)CC2)cc1Cl)C[C@@H](C(=O)O)[C@@H](O)[C@H](O)[C@H](O)CO. The zero-order chi connectivity index (χ0) is 34.4. The molecule has 2 aromatic carbocycles. The number of pyridine rings is 1. The van der Waals surface area contributed by atoms with E-state index in [4.69, 9.17) is 37.8 Å². The summed E-state index contributed by atoms with van der Waals surface area (Å²) < 4.78 is 12.7. The number of benzene rings is 2. The molecule has 2 aliphatic rings. The minimum absolute atomic E-state index is 0.0576. The number of carbonyl (C=O) groups excluding carboxylic acids is 1. The Morgan fingerprint density at radius 2 is 1.67 bits per heavy atom. The lowest BCUT2D eigenvalue weighted by Crippen LogP contribution is -2.46. The van der Waals surface area contributed by atoms with E-state index in [1.165, 1.54) is 0 Å². The first kappa shape index (κ1) is 36.2. The van der Waals surface area contributed by atoms with Crippen molar-refractivity contribution in [2.24, 2.45) is 5.92 Å². The highest BCUT2D eigenvalue weighted by atomic mass is 35.5. The molecule has 0 bridgehead atoms. The van der Waals surface area contributed by atoms with Crippen LogP contribution in [0.25, 0.3) is 11.1 Å². The lowest BCUT2D eigenvalue weighted by Gasteiger charge is -2.26. The largest absolute Gasteiger partial charge is 0.490 e. The molecule has 0 unspecified atom stereocenters. The van der Waals surface area contributed by atoms with Crippen LogP contribution in [0.15, 0.2) is 54.9 Å². The number of rotatable bonds is 19. The molecule has 0 spiro atoms. The van der Waals surface area contributed by atoms with E-state index in [1.54, 1.807) is 18.3 Å². The van der Waals surface area contributed by atoms with Crippen LogP contribution >= 0.6 is 23.2 Å². The van der Waals surface area contributed by atoms with Crippen molar-refractivity contribution in [3.05, 3.63) is 81.6 Å². The molecule has 0 amide bonds. The molecule has 2 fully saturated rings. The van der Waals surface area contributed by atoms with E-state index in [0.717, 1.165) is 59.3 Å². The summed E-state index contributed by atoms with van der Waals surface area (Å²) >= 11 is 13.3. The molecule has 1 aromatic heterocycles. The maximum atomic E-state index is 12.5. The first-order valence-corrected chi connectivity index (χ1v) is 17.0. The highest BCUT2D eigenvalue weighted by molar-refractivity contribution is 6.34. The monoisotopic (exact) mass is 701 g/mol. The molecule has 2 aliphatic carbocycles. The van der Waals surface area contributed by atoms with Gasteiger partial charge in [0.15, 0.2) is 0 Å². The van der Waals surface area contributed by atoms with Gasteiger partial charge >= 0.3 is 5.97 Å². The van der Waals surface area contributed by atoms with Crippen LogP contribution in [-0.2, 0) is 33.0 Å². The number of ketones is 1. The first-order chi connectivity index (χ1) is 23.0. The van der Waals surface area contributed by atoms with Gasteiger partial charge < -0.3 is 35.0 Å². The summed E-state index contributed by atoms with van der Waals surface area (Å²) in [6, 6.07) is 13.6. The van der Waals surface area contributed by atoms with Gasteiger partial charge in [-0.15, -0.1) is 0 Å². The Morgan fingerprint density at radius 1 is 0.958 bits per heavy atom. The minimum atomic E-state index is -1.92. The predicted molar refractivity (Wildman–Crippen MR) is 179 cm³/mol. The number of nitrogens with zero attached hydrogens (tertiary/aromatic N) is 1. The van der Waals surface area contributed by atoms with Gasteiger partial charge in [-0.1, -0.05) is 41.4 Å². The molecule has 2 saturated carbocycles. The van der Waals surface area contributed by atoms with Gasteiger partial charge in [-0.05, 0) is 85.9 Å². The van der Waals surface area contributed by atoms with Crippen LogP contribution in [-0.4, -0.2) is 73.3 Å². The first-order valence-electron chi connectivity index (χ1n) is 16.2. The van der Waals surface area contributed by atoms with Crippen LogP contribution < -0.4 is 4.74 Å². The Morgan fingerprint density at radius 3 is 2.35 bits per heavy atom. The second kappa shape index (κ2) is 16.1. The summed E-state index contributed by atoms with van der Waals surface area (Å²) in [5.74, 6) is -2.65. The Hall–Kier alpha value is -3.09. The van der Waals surface area contributed by atoms with Crippen LogP contribution in [0.3, 0.4) is 0 Å². The molecule has 1 heterocycles. The number of para-hydroxylation sites is 1. The Kier molecular flexibility index (Phi) is 12.1. The standard InChI is InChI=1S/C36H41Cl2NO9/c37-29-16-22(30(38)15-21(29)5-1-2-6-23(41)17-27(35(45)46)33(43)34(44)31(42)19-40)20-47-36(12-13-36)28-18-39-14-11-25(28)26-7-3-4-8-32(26)48-24-9-10-24/h3-4,7-8,11,14-16,18,24,27,31,33-34,40,42-44H,1-2,5-6,9-10,12-13,17,19-20H2,(H,45,46)/t27-,31-,33-,34-/m1/s1. The van der Waals surface area contributed by atoms with E-state index in [-0.39, 0.29) is 19.1 Å². The smallest absolute Gasteiger partial charge is 0.309 e. The molecule has 5 rings (SSSR count). The number of hydrogen-bond acceptors (Lipinski definition) is 9. The maximum absolute atomic E-state index is 12.5. The number of aliphatic hydroxyl groups excluding tert-OH is 4. The number of ether oxygens (including phenoxy) is 2. The van der Waals surface area contributed by atoms with Crippen molar-refractivity contribution in [3.8, 4) is 16.9 Å². The van der Waals surface area contributed by atoms with Crippen LogP contribution in [0.2, 0.25) is 10.0 Å². The van der Waals surface area contributed by atoms with Crippen molar-refractivity contribution < 1.29 is 44.6 Å². The molecule has 0 radical (unpaired) electrons. The van der Waals surface area contributed by atoms with Crippen molar-refractivity contribution in [3.63, 3.8) is 0 Å². The highest BCUT2D eigenvalue weighted by Crippen LogP contribution is 2.53. The fourth-order valence-electron chi connectivity index (χ4n) is 5.81. The number of halogens is 2. The second-order valence-corrected chi connectivity index (χ2v) is 13.5. The van der Waals surface area contributed by atoms with Crippen molar-refractivity contribution in [2.45, 2.75) is 94.4 Å². The van der Waals surface area contributed by atoms with Gasteiger partial charge in [-0.25, -0.2) is 0 Å². The van der Waals surface area contributed by atoms with E-state index < -0.39 is 54.6 Å². The number of unbranched alkanes of at least 4 members (excludes halogenated alkanes) is 1. The highest BCUT2D eigenvalue weighted by Gasteiger charge is 2.48. The maximum Gasteiger partial charge on any atom is 0.309 e. The Balaban J connectivity index is 1.16. The number of aliphatic carboxylic acids is 1. The van der Waals surface area contributed by atoms with Gasteiger partial charge in [0.25, 0.3) is 0 Å². The third-order valence-electron chi connectivity index (χ3n) is 8.99. The van der Waals surface area contributed by atoms with Gasteiger partial charge in [-0.3, -0.25) is 14.6 Å². The second-order valence-electron chi connectivity index (χ2n) is 12.7. The summed E-state index contributed by atoms with van der Waals surface area (Å²) in [5.41, 5.74) is 4.11. The third-order valence-corrected chi connectivity index (χ3v) is 9.69. The fourth-order valence-corrected chi connectivity index (χ4v) is 6.34. The summed E-state index contributed by atoms with van der Waals surface area (Å²) in [6.07, 6.45) is 3.28. The van der Waals surface area contributed by atoms with Gasteiger partial charge in [0.2, 0.25) is 0 Å². The Labute approximate surface area is 289 Å². The van der Waals surface area contributed by atoms with E-state index in [1.807, 2.05) is 30.5 Å². The molecule has 10 nitrogen and oxygen atoms in total. The molecule has 258 valence electrons. The number of carboxylic acids is 1. The molecule has 48 heavy (non-hydrogen) atoms. The number of Topliss-reactive ketones (excluding diaryl/α,β-unsaturated/α-hetero) is 1. The lowest BCUT2D eigenvalue weighted by atomic mass is 9.89. The van der Waals surface area contributed by atoms with Crippen LogP contribution in [0.5, 0.6) is 5.75 Å². The van der Waals surface area contributed by atoms with E-state index in [0.29, 0.717) is 29.3 Å². The summed E-state index contributed by atoms with van der Waals surface area (Å²) in [4.78, 5) is 28.5. The zero-order valence-corrected chi connectivity index (χ0v) is 27.9. The van der Waals surface area contributed by atoms with Gasteiger partial charge in [0.1, 0.15) is 23.7 Å². The third kappa shape index (κ3) is 8.92. The molecular weight excluding hydrogens is 661 g/mol. The lowest BCUT2D eigenvalue weighted by molar-refractivity contribution is -0.156. The molecular formula is C36H41Cl2NO9. The molecule has 5 N–H and O–H groups in total. The van der Waals surface area contributed by atoms with Crippen molar-refractivity contribution in [1.82, 2.24) is 4.98 Å². The van der Waals surface area contributed by atoms with Crippen LogP contribution in [0, 0.1) is 5.92 Å². The number of aliphatic hydroxyl groups is 4. The topological polar surface area (TPSA) is 167 Å². The zero-order valence-electron chi connectivity index (χ0n) is 26.4. The van der Waals surface area contributed by atoms with Gasteiger partial charge in [0, 0.05) is 46.4 Å². The number of aromatic nitrogens is 1. The predicted octanol–water partition coefficient (Wildman–Crippen LogP) is 5.25. The number of aryl methyl sites for hydroxylation is 1. The average molecular weight is 703 g/mol. The normalized spacial score (nSPS) is 17.7. The Bertz CT molecular complexity index is 1590. The van der Waals surface area contributed by atoms with E-state index in [9.17, 15) is 30.0 Å². The minimum Gasteiger partial charge on any atom is -0.490 e. The number of carboxylic acid groups (broad SMARTS) is 1. The van der Waals surface area contributed by atoms with E-state index >= 15 is 0 Å². The fraction of sp³-hybridized carbons (Fsp3) is 0.472. The van der Waals surface area contributed by atoms with Crippen LogP contribution in [0.4, 0.5) is 0 Å².